The molecule has 3 heteroatoms. The van der Waals surface area contributed by atoms with E-state index in [1.54, 1.807) is 0 Å². The van der Waals surface area contributed by atoms with Crippen molar-refractivity contribution in [2.75, 3.05) is 13.2 Å². The van der Waals surface area contributed by atoms with Crippen molar-refractivity contribution in [2.24, 2.45) is 0 Å². The van der Waals surface area contributed by atoms with Gasteiger partial charge in [-0.15, -0.1) is 0 Å². The van der Waals surface area contributed by atoms with E-state index in [0.29, 0.717) is 31.4 Å². The third-order valence-corrected chi connectivity index (χ3v) is 3.25. The number of para-hydroxylation sites is 1. The van der Waals surface area contributed by atoms with Gasteiger partial charge in [0, 0.05) is 12.1 Å². The van der Waals surface area contributed by atoms with Crippen LogP contribution in [0.1, 0.15) is 26.7 Å². The fourth-order valence-electron chi connectivity index (χ4n) is 2.53. The Balaban J connectivity index is 1.63. The molecule has 1 saturated heterocycles. The van der Waals surface area contributed by atoms with Crippen LogP contribution in [0.2, 0.25) is 0 Å². The van der Waals surface area contributed by atoms with E-state index in [-0.39, 0.29) is 0 Å². The Labute approximate surface area is 109 Å². The van der Waals surface area contributed by atoms with Gasteiger partial charge in [-0.25, -0.2) is 0 Å². The van der Waals surface area contributed by atoms with Crippen LogP contribution in [0.5, 0.6) is 5.75 Å². The van der Waals surface area contributed by atoms with E-state index in [0.717, 1.165) is 18.6 Å². The molecule has 100 valence electrons. The number of ether oxygens (including phenoxy) is 2. The maximum Gasteiger partial charge on any atom is 0.119 e. The van der Waals surface area contributed by atoms with Crippen LogP contribution in [0, 0.1) is 0 Å². The van der Waals surface area contributed by atoms with E-state index in [9.17, 15) is 0 Å². The van der Waals surface area contributed by atoms with Crippen molar-refractivity contribution in [3.05, 3.63) is 30.3 Å². The first-order valence-electron chi connectivity index (χ1n) is 6.79. The van der Waals surface area contributed by atoms with Crippen LogP contribution >= 0.6 is 0 Å². The molecule has 1 fully saturated rings. The summed E-state index contributed by atoms with van der Waals surface area (Å²) in [5.41, 5.74) is 0. The number of rotatable bonds is 5. The molecular weight excluding hydrogens is 226 g/mol. The molecule has 0 spiro atoms. The lowest BCUT2D eigenvalue weighted by molar-refractivity contribution is 0.000530. The zero-order chi connectivity index (χ0) is 12.8. The maximum atomic E-state index is 5.88. The summed E-state index contributed by atoms with van der Waals surface area (Å²) in [6, 6.07) is 11.0. The summed E-state index contributed by atoms with van der Waals surface area (Å²) in [5, 5.41) is 3.51. The number of piperidine rings is 1. The average molecular weight is 249 g/mol. The van der Waals surface area contributed by atoms with Crippen LogP contribution in [0.15, 0.2) is 30.3 Å². The topological polar surface area (TPSA) is 30.5 Å². The van der Waals surface area contributed by atoms with Gasteiger partial charge in [0.25, 0.3) is 0 Å². The first kappa shape index (κ1) is 13.4. The second kappa shape index (κ2) is 6.76. The quantitative estimate of drug-likeness (QED) is 0.814. The molecule has 1 aromatic carbocycles. The highest BCUT2D eigenvalue weighted by Crippen LogP contribution is 2.16. The predicted molar refractivity (Wildman–Crippen MR) is 73.0 cm³/mol. The lowest BCUT2D eigenvalue weighted by atomic mass is 9.98. The fraction of sp³-hybridized carbons (Fsp3) is 0.600. The smallest absolute Gasteiger partial charge is 0.119 e. The Hall–Kier alpha value is -1.06. The largest absolute Gasteiger partial charge is 0.491 e. The highest BCUT2D eigenvalue weighted by atomic mass is 16.5. The summed E-state index contributed by atoms with van der Waals surface area (Å²) in [6.07, 6.45) is 2.56. The van der Waals surface area contributed by atoms with Crippen molar-refractivity contribution >= 4 is 0 Å². The third-order valence-electron chi connectivity index (χ3n) is 3.25. The van der Waals surface area contributed by atoms with Crippen LogP contribution in [0.4, 0.5) is 0 Å². The van der Waals surface area contributed by atoms with Crippen LogP contribution < -0.4 is 10.1 Å². The van der Waals surface area contributed by atoms with Crippen LogP contribution in [-0.2, 0) is 4.74 Å². The minimum Gasteiger partial charge on any atom is -0.491 e. The van der Waals surface area contributed by atoms with Crippen molar-refractivity contribution in [1.29, 1.82) is 0 Å². The predicted octanol–water partition coefficient (Wildman–Crippen LogP) is 2.61. The lowest BCUT2D eigenvalue weighted by Crippen LogP contribution is -2.45. The first-order chi connectivity index (χ1) is 8.74. The van der Waals surface area contributed by atoms with Gasteiger partial charge in [0.1, 0.15) is 12.4 Å². The summed E-state index contributed by atoms with van der Waals surface area (Å²) in [4.78, 5) is 0. The van der Waals surface area contributed by atoms with Crippen molar-refractivity contribution in [1.82, 2.24) is 5.32 Å². The van der Waals surface area contributed by atoms with Gasteiger partial charge in [0.15, 0.2) is 0 Å². The van der Waals surface area contributed by atoms with Gasteiger partial charge >= 0.3 is 0 Å². The molecule has 0 bridgehead atoms. The SMILES string of the molecule is CC1CC(OCCOc2ccccc2)CC(C)N1. The summed E-state index contributed by atoms with van der Waals surface area (Å²) >= 11 is 0. The van der Waals surface area contributed by atoms with E-state index in [2.05, 4.69) is 19.2 Å². The van der Waals surface area contributed by atoms with Gasteiger partial charge in [-0.1, -0.05) is 18.2 Å². The van der Waals surface area contributed by atoms with E-state index in [1.165, 1.54) is 0 Å². The second-order valence-electron chi connectivity index (χ2n) is 5.09. The molecule has 2 unspecified atom stereocenters. The molecule has 2 rings (SSSR count). The number of hydrogen-bond acceptors (Lipinski definition) is 3. The highest BCUT2D eigenvalue weighted by Gasteiger charge is 2.23. The molecule has 0 aromatic heterocycles. The van der Waals surface area contributed by atoms with Gasteiger partial charge in [-0.2, -0.15) is 0 Å². The van der Waals surface area contributed by atoms with Gasteiger partial charge in [-0.05, 0) is 38.8 Å². The monoisotopic (exact) mass is 249 g/mol. The number of benzene rings is 1. The van der Waals surface area contributed by atoms with Crippen LogP contribution in [-0.4, -0.2) is 31.4 Å². The molecule has 1 aromatic rings. The van der Waals surface area contributed by atoms with Crippen molar-refractivity contribution in [3.8, 4) is 5.75 Å². The Morgan fingerprint density at radius 2 is 1.72 bits per heavy atom. The molecule has 0 saturated carbocycles. The first-order valence-corrected chi connectivity index (χ1v) is 6.79. The van der Waals surface area contributed by atoms with Crippen molar-refractivity contribution in [3.63, 3.8) is 0 Å². The molecule has 2 atom stereocenters. The standard InChI is InChI=1S/C15H23NO2/c1-12-10-15(11-13(2)16-12)18-9-8-17-14-6-4-3-5-7-14/h3-7,12-13,15-16H,8-11H2,1-2H3. The van der Waals surface area contributed by atoms with Gasteiger partial charge < -0.3 is 14.8 Å². The molecule has 18 heavy (non-hydrogen) atoms. The third kappa shape index (κ3) is 4.31. The van der Waals surface area contributed by atoms with Crippen LogP contribution in [0.25, 0.3) is 0 Å². The molecule has 1 N–H and O–H groups in total. The van der Waals surface area contributed by atoms with Crippen molar-refractivity contribution < 1.29 is 9.47 Å². The maximum absolute atomic E-state index is 5.88. The van der Waals surface area contributed by atoms with E-state index in [4.69, 9.17) is 9.47 Å². The molecule has 1 aliphatic heterocycles. The second-order valence-corrected chi connectivity index (χ2v) is 5.09. The van der Waals surface area contributed by atoms with Crippen molar-refractivity contribution in [2.45, 2.75) is 44.9 Å². The fourth-order valence-corrected chi connectivity index (χ4v) is 2.53. The molecule has 0 amide bonds. The molecule has 0 aliphatic carbocycles. The summed E-state index contributed by atoms with van der Waals surface area (Å²) < 4.78 is 11.5. The van der Waals surface area contributed by atoms with Gasteiger partial charge in [0.05, 0.1) is 12.7 Å². The van der Waals surface area contributed by atoms with E-state index < -0.39 is 0 Å². The van der Waals surface area contributed by atoms with Gasteiger partial charge in [0.2, 0.25) is 0 Å². The number of nitrogens with one attached hydrogen (secondary N) is 1. The van der Waals surface area contributed by atoms with E-state index >= 15 is 0 Å². The molecular formula is C15H23NO2. The molecule has 0 radical (unpaired) electrons. The lowest BCUT2D eigenvalue weighted by Gasteiger charge is -2.32. The molecule has 1 heterocycles. The Bertz CT molecular complexity index is 332. The Morgan fingerprint density at radius 1 is 1.06 bits per heavy atom. The summed E-state index contributed by atoms with van der Waals surface area (Å²) in [7, 11) is 0. The van der Waals surface area contributed by atoms with Gasteiger partial charge in [-0.3, -0.25) is 0 Å². The average Bonchev–Trinajstić information content (AvgIpc) is 2.35. The minimum absolute atomic E-state index is 0.371. The number of hydrogen-bond donors (Lipinski definition) is 1. The zero-order valence-corrected chi connectivity index (χ0v) is 11.3. The summed E-state index contributed by atoms with van der Waals surface area (Å²) in [5.74, 6) is 0.910. The van der Waals surface area contributed by atoms with E-state index in [1.807, 2.05) is 30.3 Å². The normalized spacial score (nSPS) is 28.0. The minimum atomic E-state index is 0.371. The molecule has 1 aliphatic rings. The Morgan fingerprint density at radius 3 is 2.39 bits per heavy atom. The summed E-state index contributed by atoms with van der Waals surface area (Å²) in [6.45, 7) is 5.72. The highest BCUT2D eigenvalue weighted by molar-refractivity contribution is 5.20. The Kier molecular flexibility index (Phi) is 5.02. The van der Waals surface area contributed by atoms with Crippen LogP contribution in [0.3, 0.4) is 0 Å². The molecule has 3 nitrogen and oxygen atoms in total. The zero-order valence-electron chi connectivity index (χ0n) is 11.3.